The van der Waals surface area contributed by atoms with Gasteiger partial charge in [-0.3, -0.25) is 9.59 Å². The van der Waals surface area contributed by atoms with Crippen LogP contribution < -0.4 is 15.4 Å². The zero-order valence-electron chi connectivity index (χ0n) is 21.3. The second kappa shape index (κ2) is 12.6. The van der Waals surface area contributed by atoms with E-state index < -0.39 is 21.8 Å². The smallest absolute Gasteiger partial charge is 0.266 e. The van der Waals surface area contributed by atoms with Crippen LogP contribution in [0.2, 0.25) is 0 Å². The van der Waals surface area contributed by atoms with Gasteiger partial charge in [-0.1, -0.05) is 67.3 Å². The Labute approximate surface area is 228 Å². The fourth-order valence-electron chi connectivity index (χ4n) is 3.74. The van der Waals surface area contributed by atoms with Crippen molar-refractivity contribution in [2.24, 2.45) is 0 Å². The van der Waals surface area contributed by atoms with E-state index >= 15 is 0 Å². The Morgan fingerprint density at radius 2 is 1.38 bits per heavy atom. The predicted molar refractivity (Wildman–Crippen MR) is 153 cm³/mol. The maximum absolute atomic E-state index is 13.5. The number of nitrogens with one attached hydrogen (secondary N) is 3. The molecule has 196 valence electrons. The Morgan fingerprint density at radius 1 is 0.744 bits per heavy atom. The van der Waals surface area contributed by atoms with E-state index in [1.807, 2.05) is 60.7 Å². The van der Waals surface area contributed by atoms with Crippen LogP contribution >= 0.6 is 0 Å². The van der Waals surface area contributed by atoms with Gasteiger partial charge in [-0.15, -0.1) is 0 Å². The molecule has 4 aromatic carbocycles. The number of rotatable bonds is 8. The third-order valence-electron chi connectivity index (χ3n) is 5.59. The molecule has 39 heavy (non-hydrogen) atoms. The molecule has 0 saturated carbocycles. The first kappa shape index (κ1) is 27.2. The van der Waals surface area contributed by atoms with Crippen molar-refractivity contribution in [1.29, 1.82) is 0 Å². The summed E-state index contributed by atoms with van der Waals surface area (Å²) in [7, 11) is -4.19. The highest BCUT2D eigenvalue weighted by atomic mass is 32.2. The Hall–Kier alpha value is -4.87. The lowest BCUT2D eigenvalue weighted by Gasteiger charge is -2.15. The van der Waals surface area contributed by atoms with Gasteiger partial charge in [0.25, 0.3) is 15.9 Å². The van der Waals surface area contributed by atoms with Crippen molar-refractivity contribution in [2.75, 3.05) is 10.6 Å². The molecule has 0 aromatic heterocycles. The average molecular weight is 538 g/mol. The average Bonchev–Trinajstić information content (AvgIpc) is 2.93. The number of carbonyl (C=O) groups is 2. The fourth-order valence-corrected chi connectivity index (χ4v) is 4.92. The van der Waals surface area contributed by atoms with Crippen LogP contribution in [0.15, 0.2) is 108 Å². The summed E-state index contributed by atoms with van der Waals surface area (Å²) in [6.45, 7) is 1.78. The van der Waals surface area contributed by atoms with Crippen molar-refractivity contribution < 1.29 is 18.0 Å². The number of sulfonamides is 1. The summed E-state index contributed by atoms with van der Waals surface area (Å²) in [6.07, 6.45) is 0.574. The van der Waals surface area contributed by atoms with Gasteiger partial charge >= 0.3 is 0 Å². The summed E-state index contributed by atoms with van der Waals surface area (Å²) >= 11 is 0. The molecule has 0 spiro atoms. The topological polar surface area (TPSA) is 104 Å². The lowest BCUT2D eigenvalue weighted by Crippen LogP contribution is -2.31. The minimum absolute atomic E-state index is 0.0536. The van der Waals surface area contributed by atoms with Crippen LogP contribution in [0.4, 0.5) is 17.1 Å². The fraction of sp³-hybridized carbons (Fsp3) is 0.0968. The maximum atomic E-state index is 13.5. The largest absolute Gasteiger partial charge is 0.355 e. The minimum Gasteiger partial charge on any atom is -0.355 e. The molecular formula is C31H27N3O4S. The molecule has 0 aliphatic heterocycles. The van der Waals surface area contributed by atoms with Crippen molar-refractivity contribution >= 4 is 38.9 Å². The summed E-state index contributed by atoms with van der Waals surface area (Å²) in [5.41, 5.74) is 3.15. The van der Waals surface area contributed by atoms with Crippen LogP contribution in [0.3, 0.4) is 0 Å². The Bertz CT molecular complexity index is 1640. The van der Waals surface area contributed by atoms with Gasteiger partial charge in [-0.25, -0.2) is 13.1 Å². The molecule has 0 unspecified atom stereocenters. The zero-order valence-corrected chi connectivity index (χ0v) is 22.1. The van der Waals surface area contributed by atoms with Gasteiger partial charge in [0.2, 0.25) is 5.91 Å². The van der Waals surface area contributed by atoms with Crippen molar-refractivity contribution in [3.8, 4) is 11.8 Å². The molecular weight excluding hydrogens is 510 g/mol. The molecule has 0 atom stereocenters. The number of hydrogen-bond donors (Lipinski definition) is 3. The second-order valence-electron chi connectivity index (χ2n) is 8.60. The first-order valence-electron chi connectivity index (χ1n) is 12.3. The first-order valence-corrected chi connectivity index (χ1v) is 13.8. The molecule has 0 fully saturated rings. The summed E-state index contributed by atoms with van der Waals surface area (Å²) in [4.78, 5) is 25.2. The van der Waals surface area contributed by atoms with Gasteiger partial charge in [-0.2, -0.15) is 0 Å². The molecule has 4 rings (SSSR count). The molecule has 7 nitrogen and oxygen atoms in total. The number of hydrogen-bond acceptors (Lipinski definition) is 5. The van der Waals surface area contributed by atoms with Gasteiger partial charge in [0.1, 0.15) is 4.90 Å². The van der Waals surface area contributed by atoms with Crippen molar-refractivity contribution in [2.45, 2.75) is 24.7 Å². The zero-order chi connectivity index (χ0) is 27.7. The van der Waals surface area contributed by atoms with E-state index in [2.05, 4.69) is 27.2 Å². The SMILES string of the molecule is CCCC(=O)NS(=O)(=O)c1ccccc1NC(=O)c1ccc(C#Cc2ccccc2)cc1Nc1ccccc1. The quantitative estimate of drug-likeness (QED) is 0.251. The third-order valence-corrected chi connectivity index (χ3v) is 7.02. The van der Waals surface area contributed by atoms with Crippen molar-refractivity contribution in [3.63, 3.8) is 0 Å². The molecule has 0 aliphatic rings. The molecule has 0 heterocycles. The molecule has 0 bridgehead atoms. The first-order chi connectivity index (χ1) is 18.9. The Balaban J connectivity index is 1.66. The normalized spacial score (nSPS) is 10.6. The predicted octanol–water partition coefficient (Wildman–Crippen LogP) is 5.69. The van der Waals surface area contributed by atoms with E-state index in [0.29, 0.717) is 17.7 Å². The van der Waals surface area contributed by atoms with Crippen LogP contribution in [0.5, 0.6) is 0 Å². The molecule has 0 saturated heterocycles. The maximum Gasteiger partial charge on any atom is 0.266 e. The molecule has 0 radical (unpaired) electrons. The lowest BCUT2D eigenvalue weighted by atomic mass is 10.1. The van der Waals surface area contributed by atoms with Crippen LogP contribution in [-0.4, -0.2) is 20.2 Å². The summed E-state index contributed by atoms with van der Waals surface area (Å²) in [5, 5.41) is 5.96. The summed E-state index contributed by atoms with van der Waals surface area (Å²) in [6, 6.07) is 30.0. The highest BCUT2D eigenvalue weighted by Crippen LogP contribution is 2.26. The Morgan fingerprint density at radius 3 is 2.10 bits per heavy atom. The number of amides is 2. The lowest BCUT2D eigenvalue weighted by molar-refractivity contribution is -0.119. The van der Waals surface area contributed by atoms with Crippen LogP contribution in [0, 0.1) is 11.8 Å². The molecule has 8 heteroatoms. The van der Waals surface area contributed by atoms with E-state index in [1.165, 1.54) is 18.2 Å². The minimum atomic E-state index is -4.19. The number of para-hydroxylation sites is 2. The molecule has 0 aliphatic carbocycles. The number of benzene rings is 4. The van der Waals surface area contributed by atoms with Gasteiger partial charge in [0.05, 0.1) is 16.9 Å². The van der Waals surface area contributed by atoms with Gasteiger partial charge in [0.15, 0.2) is 0 Å². The van der Waals surface area contributed by atoms with E-state index in [4.69, 9.17) is 0 Å². The molecule has 4 aromatic rings. The van der Waals surface area contributed by atoms with E-state index in [-0.39, 0.29) is 22.6 Å². The van der Waals surface area contributed by atoms with E-state index in [1.54, 1.807) is 31.2 Å². The van der Waals surface area contributed by atoms with Crippen LogP contribution in [0.25, 0.3) is 0 Å². The summed E-state index contributed by atoms with van der Waals surface area (Å²) < 4.78 is 27.8. The van der Waals surface area contributed by atoms with Crippen molar-refractivity contribution in [3.05, 3.63) is 120 Å². The number of carbonyl (C=O) groups excluding carboxylic acids is 2. The Kier molecular flexibility index (Phi) is 8.77. The van der Waals surface area contributed by atoms with Crippen LogP contribution in [-0.2, 0) is 14.8 Å². The number of anilines is 3. The van der Waals surface area contributed by atoms with E-state index in [0.717, 1.165) is 11.3 Å². The van der Waals surface area contributed by atoms with E-state index in [9.17, 15) is 18.0 Å². The molecule has 2 amide bonds. The monoisotopic (exact) mass is 537 g/mol. The second-order valence-corrected chi connectivity index (χ2v) is 10.2. The molecule has 3 N–H and O–H groups in total. The van der Waals surface area contributed by atoms with Gasteiger partial charge in [0, 0.05) is 23.2 Å². The highest BCUT2D eigenvalue weighted by molar-refractivity contribution is 7.90. The van der Waals surface area contributed by atoms with Crippen molar-refractivity contribution in [1.82, 2.24) is 4.72 Å². The highest BCUT2D eigenvalue weighted by Gasteiger charge is 2.22. The third kappa shape index (κ3) is 7.34. The van der Waals surface area contributed by atoms with Gasteiger partial charge < -0.3 is 10.6 Å². The summed E-state index contributed by atoms with van der Waals surface area (Å²) in [5.74, 6) is 5.09. The van der Waals surface area contributed by atoms with Crippen LogP contribution in [0.1, 0.15) is 41.3 Å². The van der Waals surface area contributed by atoms with Gasteiger partial charge in [-0.05, 0) is 61.0 Å². The standard InChI is InChI=1S/C31H27N3O4S/c1-2-11-30(35)34-39(37,38)29-17-10-9-16-27(29)33-31(36)26-21-20-24(19-18-23-12-5-3-6-13-23)22-28(26)32-25-14-7-4-8-15-25/h3-10,12-17,20-22,32H,2,11H2,1H3,(H,33,36)(H,34,35).